The lowest BCUT2D eigenvalue weighted by molar-refractivity contribution is 0.0911. The maximum Gasteiger partial charge on any atom is 0.263 e. The van der Waals surface area contributed by atoms with Gasteiger partial charge in [-0.3, -0.25) is 9.78 Å². The van der Waals surface area contributed by atoms with Crippen LogP contribution in [0.4, 0.5) is 5.69 Å². The summed E-state index contributed by atoms with van der Waals surface area (Å²) in [7, 11) is 0. The van der Waals surface area contributed by atoms with Gasteiger partial charge in [0, 0.05) is 18.8 Å². The summed E-state index contributed by atoms with van der Waals surface area (Å²) in [4.78, 5) is 19.7. The largest absolute Gasteiger partial charge is 0.396 e. The third-order valence-electron chi connectivity index (χ3n) is 3.98. The second kappa shape index (κ2) is 5.99. The first-order valence-corrected chi connectivity index (χ1v) is 8.17. The van der Waals surface area contributed by atoms with Gasteiger partial charge in [0.1, 0.15) is 10.4 Å². The Morgan fingerprint density at radius 2 is 2.48 bits per heavy atom. The number of aromatic nitrogens is 1. The average Bonchev–Trinajstić information content (AvgIpc) is 2.85. The summed E-state index contributed by atoms with van der Waals surface area (Å²) in [6.07, 6.45) is 3.86. The molecule has 1 saturated heterocycles. The third-order valence-corrected chi connectivity index (χ3v) is 5.14. The molecule has 3 N–H and O–H groups in total. The Morgan fingerprint density at radius 3 is 3.24 bits per heavy atom. The van der Waals surface area contributed by atoms with E-state index in [1.807, 2.05) is 12.1 Å². The number of anilines is 1. The van der Waals surface area contributed by atoms with Crippen molar-refractivity contribution in [3.05, 3.63) is 23.2 Å². The van der Waals surface area contributed by atoms with Crippen molar-refractivity contribution in [1.29, 1.82) is 0 Å². The maximum absolute atomic E-state index is 12.5. The van der Waals surface area contributed by atoms with Crippen LogP contribution in [0.3, 0.4) is 0 Å². The smallest absolute Gasteiger partial charge is 0.263 e. The molecule has 1 unspecified atom stereocenters. The molecule has 3 heterocycles. The first-order valence-electron chi connectivity index (χ1n) is 7.35. The van der Waals surface area contributed by atoms with Gasteiger partial charge in [0.15, 0.2) is 0 Å². The van der Waals surface area contributed by atoms with E-state index in [4.69, 9.17) is 5.73 Å². The number of nitrogen functional groups attached to an aromatic ring is 1. The number of likely N-dealkylation sites (tertiary alicyclic amines) is 1. The quantitative estimate of drug-likeness (QED) is 0.911. The molecule has 0 aromatic carbocycles. The van der Waals surface area contributed by atoms with E-state index in [0.29, 0.717) is 10.6 Å². The molecule has 0 saturated carbocycles. The lowest BCUT2D eigenvalue weighted by atomic mass is 10.1. The van der Waals surface area contributed by atoms with Crippen molar-refractivity contribution in [2.24, 2.45) is 0 Å². The fourth-order valence-electron chi connectivity index (χ4n) is 2.83. The highest BCUT2D eigenvalue weighted by molar-refractivity contribution is 7.21. The van der Waals surface area contributed by atoms with E-state index in [0.717, 1.165) is 42.7 Å². The summed E-state index contributed by atoms with van der Waals surface area (Å²) in [5, 5.41) is 3.12. The SMILES string of the molecule is CCN1CCCC(NC(=O)c2sc3cccnc3c2N)C1. The van der Waals surface area contributed by atoms with Crippen molar-refractivity contribution >= 4 is 33.1 Å². The monoisotopic (exact) mass is 304 g/mol. The van der Waals surface area contributed by atoms with Crippen LogP contribution in [0.25, 0.3) is 10.2 Å². The summed E-state index contributed by atoms with van der Waals surface area (Å²) < 4.78 is 0.957. The van der Waals surface area contributed by atoms with Gasteiger partial charge in [-0.2, -0.15) is 0 Å². The molecule has 3 rings (SSSR count). The molecule has 21 heavy (non-hydrogen) atoms. The Balaban J connectivity index is 1.76. The summed E-state index contributed by atoms with van der Waals surface area (Å²) in [6.45, 7) is 5.23. The van der Waals surface area contributed by atoms with Gasteiger partial charge in [-0.05, 0) is 38.1 Å². The number of hydrogen-bond acceptors (Lipinski definition) is 5. The third kappa shape index (κ3) is 2.87. The van der Waals surface area contributed by atoms with Crippen molar-refractivity contribution in [3.8, 4) is 0 Å². The fraction of sp³-hybridized carbons (Fsp3) is 0.467. The number of hydrogen-bond donors (Lipinski definition) is 2. The van der Waals surface area contributed by atoms with Gasteiger partial charge in [-0.1, -0.05) is 6.92 Å². The number of nitrogens with one attached hydrogen (secondary N) is 1. The zero-order valence-electron chi connectivity index (χ0n) is 12.1. The number of pyridine rings is 1. The van der Waals surface area contributed by atoms with E-state index in [-0.39, 0.29) is 11.9 Å². The first-order chi connectivity index (χ1) is 10.2. The molecular weight excluding hydrogens is 284 g/mol. The van der Waals surface area contributed by atoms with Gasteiger partial charge in [0.2, 0.25) is 0 Å². The van der Waals surface area contributed by atoms with Gasteiger partial charge in [-0.25, -0.2) is 0 Å². The lowest BCUT2D eigenvalue weighted by Crippen LogP contribution is -2.47. The van der Waals surface area contributed by atoms with Crippen LogP contribution in [0.1, 0.15) is 29.4 Å². The Morgan fingerprint density at radius 1 is 1.62 bits per heavy atom. The second-order valence-corrected chi connectivity index (χ2v) is 6.45. The second-order valence-electron chi connectivity index (χ2n) is 5.40. The summed E-state index contributed by atoms with van der Waals surface area (Å²) in [6, 6.07) is 4.02. The molecular formula is C15H20N4OS. The van der Waals surface area contributed by atoms with E-state index in [1.165, 1.54) is 11.3 Å². The topological polar surface area (TPSA) is 71.2 Å². The summed E-state index contributed by atoms with van der Waals surface area (Å²) in [5.41, 5.74) is 7.30. The molecule has 1 amide bonds. The van der Waals surface area contributed by atoms with Gasteiger partial charge < -0.3 is 16.0 Å². The average molecular weight is 304 g/mol. The standard InChI is InChI=1S/C15H20N4OS/c1-2-19-8-4-5-10(9-19)18-15(20)14-12(16)13-11(21-14)6-3-7-17-13/h3,6-7,10H,2,4-5,8-9,16H2,1H3,(H,18,20). The molecule has 2 aromatic heterocycles. The number of carbonyl (C=O) groups is 1. The Hall–Kier alpha value is -1.66. The number of nitrogens with zero attached hydrogens (tertiary/aromatic N) is 2. The van der Waals surface area contributed by atoms with Crippen molar-refractivity contribution in [1.82, 2.24) is 15.2 Å². The minimum atomic E-state index is -0.0709. The van der Waals surface area contributed by atoms with Gasteiger partial charge in [0.05, 0.1) is 10.4 Å². The number of carbonyl (C=O) groups excluding carboxylic acids is 1. The predicted molar refractivity (Wildman–Crippen MR) is 86.6 cm³/mol. The molecule has 0 spiro atoms. The molecule has 0 radical (unpaired) electrons. The highest BCUT2D eigenvalue weighted by atomic mass is 32.1. The number of likely N-dealkylation sites (N-methyl/N-ethyl adjacent to an activating group) is 1. The molecule has 1 fully saturated rings. The molecule has 6 heteroatoms. The minimum absolute atomic E-state index is 0.0709. The fourth-order valence-corrected chi connectivity index (χ4v) is 3.81. The van der Waals surface area contributed by atoms with Crippen LogP contribution in [0.5, 0.6) is 0 Å². The molecule has 5 nitrogen and oxygen atoms in total. The molecule has 0 aliphatic carbocycles. The number of thiophene rings is 1. The van der Waals surface area contributed by atoms with E-state index >= 15 is 0 Å². The molecule has 1 aliphatic rings. The molecule has 1 aliphatic heterocycles. The minimum Gasteiger partial charge on any atom is -0.396 e. The normalized spacial score (nSPS) is 19.8. The first kappa shape index (κ1) is 14.3. The van der Waals surface area contributed by atoms with Gasteiger partial charge in [0.25, 0.3) is 5.91 Å². The molecule has 112 valence electrons. The van der Waals surface area contributed by atoms with Crippen LogP contribution < -0.4 is 11.1 Å². The Bertz CT molecular complexity index is 654. The Labute approximate surface area is 128 Å². The number of piperidine rings is 1. The highest BCUT2D eigenvalue weighted by Gasteiger charge is 2.23. The van der Waals surface area contributed by atoms with E-state index in [9.17, 15) is 4.79 Å². The number of rotatable bonds is 3. The number of amides is 1. The molecule has 0 bridgehead atoms. The number of fused-ring (bicyclic) bond motifs is 1. The zero-order chi connectivity index (χ0) is 14.8. The van der Waals surface area contributed by atoms with Crippen LogP contribution in [-0.2, 0) is 0 Å². The van der Waals surface area contributed by atoms with Crippen LogP contribution in [-0.4, -0.2) is 41.5 Å². The number of nitrogens with two attached hydrogens (primary N) is 1. The van der Waals surface area contributed by atoms with Crippen molar-refractivity contribution in [2.75, 3.05) is 25.4 Å². The van der Waals surface area contributed by atoms with Crippen molar-refractivity contribution < 1.29 is 4.79 Å². The maximum atomic E-state index is 12.5. The highest BCUT2D eigenvalue weighted by Crippen LogP contribution is 2.31. The van der Waals surface area contributed by atoms with E-state index in [1.54, 1.807) is 6.20 Å². The summed E-state index contributed by atoms with van der Waals surface area (Å²) in [5.74, 6) is -0.0709. The van der Waals surface area contributed by atoms with Gasteiger partial charge >= 0.3 is 0 Å². The lowest BCUT2D eigenvalue weighted by Gasteiger charge is -2.32. The van der Waals surface area contributed by atoms with Crippen LogP contribution in [0.15, 0.2) is 18.3 Å². The Kier molecular flexibility index (Phi) is 4.07. The van der Waals surface area contributed by atoms with Crippen LogP contribution >= 0.6 is 11.3 Å². The summed E-state index contributed by atoms with van der Waals surface area (Å²) >= 11 is 1.41. The van der Waals surface area contributed by atoms with Crippen molar-refractivity contribution in [3.63, 3.8) is 0 Å². The molecule has 2 aromatic rings. The predicted octanol–water partition coefficient (Wildman–Crippen LogP) is 2.09. The molecule has 1 atom stereocenters. The van der Waals surface area contributed by atoms with E-state index in [2.05, 4.69) is 22.1 Å². The van der Waals surface area contributed by atoms with E-state index < -0.39 is 0 Å². The van der Waals surface area contributed by atoms with Crippen LogP contribution in [0, 0.1) is 0 Å². The van der Waals surface area contributed by atoms with Crippen LogP contribution in [0.2, 0.25) is 0 Å². The van der Waals surface area contributed by atoms with Gasteiger partial charge in [-0.15, -0.1) is 11.3 Å². The zero-order valence-corrected chi connectivity index (χ0v) is 12.9. The van der Waals surface area contributed by atoms with Crippen molar-refractivity contribution in [2.45, 2.75) is 25.8 Å².